The molecule has 1 heterocycles. The molecule has 0 radical (unpaired) electrons. The van der Waals surface area contributed by atoms with E-state index in [0.29, 0.717) is 0 Å². The molecule has 1 aliphatic heterocycles. The Labute approximate surface area is 105 Å². The molecule has 1 amide bonds. The quantitative estimate of drug-likeness (QED) is 0.806. The van der Waals surface area contributed by atoms with Crippen LogP contribution in [0.5, 0.6) is 0 Å². The summed E-state index contributed by atoms with van der Waals surface area (Å²) < 4.78 is 18.2. The average Bonchev–Trinajstić information content (AvgIpc) is 2.78. The molecule has 1 aromatic carbocycles. The Bertz CT molecular complexity index is 458. The summed E-state index contributed by atoms with van der Waals surface area (Å²) in [5.41, 5.74) is 0.857. The Morgan fingerprint density at radius 1 is 1.50 bits per heavy atom. The highest BCUT2D eigenvalue weighted by molar-refractivity contribution is 5.69. The molecule has 1 aliphatic rings. The summed E-state index contributed by atoms with van der Waals surface area (Å²) in [4.78, 5) is 12.9. The van der Waals surface area contributed by atoms with Gasteiger partial charge >= 0.3 is 6.09 Å². The van der Waals surface area contributed by atoms with Crippen molar-refractivity contribution in [3.8, 4) is 6.07 Å². The van der Waals surface area contributed by atoms with Crippen LogP contribution < -0.4 is 0 Å². The number of hydrogen-bond donors (Lipinski definition) is 0. The summed E-state index contributed by atoms with van der Waals surface area (Å²) in [5.74, 6) is 0. The lowest BCUT2D eigenvalue weighted by molar-refractivity contribution is 0.0963. The number of nitrogens with zero attached hydrogens (tertiary/aromatic N) is 2. The molecule has 0 saturated carbocycles. The summed E-state index contributed by atoms with van der Waals surface area (Å²) in [6.45, 7) is 0.0666. The van der Waals surface area contributed by atoms with Gasteiger partial charge in [-0.3, -0.25) is 4.90 Å². The molecule has 1 aromatic rings. The zero-order valence-electron chi connectivity index (χ0n) is 9.75. The van der Waals surface area contributed by atoms with Crippen molar-refractivity contribution in [2.24, 2.45) is 0 Å². The number of benzene rings is 1. The fourth-order valence-electron chi connectivity index (χ4n) is 1.91. The second kappa shape index (κ2) is 5.50. The fourth-order valence-corrected chi connectivity index (χ4v) is 1.91. The van der Waals surface area contributed by atoms with Crippen LogP contribution in [0.2, 0.25) is 0 Å². The average molecular weight is 248 g/mol. The van der Waals surface area contributed by atoms with Crippen molar-refractivity contribution in [2.75, 3.05) is 6.54 Å². The van der Waals surface area contributed by atoms with E-state index in [-0.39, 0.29) is 19.6 Å². The van der Waals surface area contributed by atoms with Crippen LogP contribution >= 0.6 is 0 Å². The topological polar surface area (TPSA) is 53.3 Å². The SMILES string of the molecule is N#C[C@@H]1C[C@@H](F)CN1C(=O)OCc1ccccc1. The van der Waals surface area contributed by atoms with Gasteiger partial charge in [-0.15, -0.1) is 0 Å². The summed E-state index contributed by atoms with van der Waals surface area (Å²) in [5, 5.41) is 8.82. The van der Waals surface area contributed by atoms with Crippen molar-refractivity contribution >= 4 is 6.09 Å². The van der Waals surface area contributed by atoms with Crippen molar-refractivity contribution in [3.05, 3.63) is 35.9 Å². The van der Waals surface area contributed by atoms with Crippen molar-refractivity contribution in [3.63, 3.8) is 0 Å². The van der Waals surface area contributed by atoms with E-state index in [9.17, 15) is 9.18 Å². The number of amides is 1. The van der Waals surface area contributed by atoms with Gasteiger partial charge in [-0.1, -0.05) is 30.3 Å². The molecule has 0 bridgehead atoms. The summed E-state index contributed by atoms with van der Waals surface area (Å²) in [6, 6.07) is 10.4. The van der Waals surface area contributed by atoms with E-state index < -0.39 is 18.3 Å². The lowest BCUT2D eigenvalue weighted by Crippen LogP contribution is -2.35. The Hall–Kier alpha value is -2.09. The number of hydrogen-bond acceptors (Lipinski definition) is 3. The van der Waals surface area contributed by atoms with Gasteiger partial charge in [-0.2, -0.15) is 5.26 Å². The number of nitriles is 1. The van der Waals surface area contributed by atoms with Crippen LogP contribution in [0.3, 0.4) is 0 Å². The third-order valence-corrected chi connectivity index (χ3v) is 2.84. The van der Waals surface area contributed by atoms with Crippen LogP contribution in [0.4, 0.5) is 9.18 Å². The third kappa shape index (κ3) is 2.77. The van der Waals surface area contributed by atoms with E-state index in [1.54, 1.807) is 0 Å². The standard InChI is InChI=1S/C13H13FN2O2/c14-11-6-12(7-15)16(8-11)13(17)18-9-10-4-2-1-3-5-10/h1-5,11-12H,6,8-9H2/t11-,12+/m1/s1. The molecule has 0 spiro atoms. The van der Waals surface area contributed by atoms with Gasteiger partial charge in [0, 0.05) is 6.42 Å². The number of rotatable bonds is 2. The lowest BCUT2D eigenvalue weighted by Gasteiger charge is -2.18. The van der Waals surface area contributed by atoms with Gasteiger partial charge < -0.3 is 4.74 Å². The maximum Gasteiger partial charge on any atom is 0.411 e. The minimum absolute atomic E-state index is 0.0636. The number of ether oxygens (including phenoxy) is 1. The van der Waals surface area contributed by atoms with Crippen molar-refractivity contribution in [1.29, 1.82) is 5.26 Å². The number of carbonyl (C=O) groups is 1. The van der Waals surface area contributed by atoms with Gasteiger partial charge in [0.25, 0.3) is 0 Å². The second-order valence-corrected chi connectivity index (χ2v) is 4.17. The van der Waals surface area contributed by atoms with E-state index in [0.717, 1.165) is 10.5 Å². The van der Waals surface area contributed by atoms with Crippen LogP contribution in [0.25, 0.3) is 0 Å². The smallest absolute Gasteiger partial charge is 0.411 e. The van der Waals surface area contributed by atoms with Crippen LogP contribution in [0.1, 0.15) is 12.0 Å². The molecule has 1 saturated heterocycles. The molecule has 0 N–H and O–H groups in total. The largest absolute Gasteiger partial charge is 0.445 e. The van der Waals surface area contributed by atoms with Gasteiger partial charge in [0.1, 0.15) is 18.8 Å². The van der Waals surface area contributed by atoms with Crippen LogP contribution in [0, 0.1) is 11.3 Å². The maximum absolute atomic E-state index is 13.1. The second-order valence-electron chi connectivity index (χ2n) is 4.17. The Kier molecular flexibility index (Phi) is 3.78. The number of carbonyl (C=O) groups excluding carboxylic acids is 1. The van der Waals surface area contributed by atoms with Crippen molar-refractivity contribution < 1.29 is 13.9 Å². The predicted octanol–water partition coefficient (Wildman–Crippen LogP) is 2.26. The van der Waals surface area contributed by atoms with Gasteiger partial charge in [0.05, 0.1) is 12.6 Å². The Balaban J connectivity index is 1.91. The first-order chi connectivity index (χ1) is 8.70. The van der Waals surface area contributed by atoms with Gasteiger partial charge in [-0.25, -0.2) is 9.18 Å². The van der Waals surface area contributed by atoms with Crippen LogP contribution in [0.15, 0.2) is 30.3 Å². The molecule has 94 valence electrons. The van der Waals surface area contributed by atoms with Crippen molar-refractivity contribution in [1.82, 2.24) is 4.90 Å². The molecule has 18 heavy (non-hydrogen) atoms. The minimum atomic E-state index is -1.14. The molecular weight excluding hydrogens is 235 g/mol. The van der Waals surface area contributed by atoms with E-state index in [4.69, 9.17) is 10.00 Å². The fraction of sp³-hybridized carbons (Fsp3) is 0.385. The molecule has 2 rings (SSSR count). The summed E-state index contributed by atoms with van der Waals surface area (Å²) >= 11 is 0. The van der Waals surface area contributed by atoms with Gasteiger partial charge in [0.15, 0.2) is 0 Å². The first-order valence-electron chi connectivity index (χ1n) is 5.71. The molecule has 2 atom stereocenters. The Morgan fingerprint density at radius 2 is 2.22 bits per heavy atom. The molecule has 5 heteroatoms. The zero-order chi connectivity index (χ0) is 13.0. The highest BCUT2D eigenvalue weighted by atomic mass is 19.1. The maximum atomic E-state index is 13.1. The van der Waals surface area contributed by atoms with Gasteiger partial charge in [-0.05, 0) is 5.56 Å². The summed E-state index contributed by atoms with van der Waals surface area (Å²) in [6.07, 6.45) is -1.71. The molecule has 0 aromatic heterocycles. The molecular formula is C13H13FN2O2. The minimum Gasteiger partial charge on any atom is -0.445 e. The number of alkyl halides is 1. The zero-order valence-corrected chi connectivity index (χ0v) is 9.75. The van der Waals surface area contributed by atoms with E-state index in [1.807, 2.05) is 36.4 Å². The van der Waals surface area contributed by atoms with E-state index in [2.05, 4.69) is 0 Å². The lowest BCUT2D eigenvalue weighted by atomic mass is 10.2. The van der Waals surface area contributed by atoms with Gasteiger partial charge in [0.2, 0.25) is 0 Å². The van der Waals surface area contributed by atoms with Crippen LogP contribution in [-0.4, -0.2) is 29.8 Å². The van der Waals surface area contributed by atoms with Crippen molar-refractivity contribution in [2.45, 2.75) is 25.2 Å². The Morgan fingerprint density at radius 3 is 2.89 bits per heavy atom. The predicted molar refractivity (Wildman–Crippen MR) is 62.2 cm³/mol. The normalized spacial score (nSPS) is 22.6. The first kappa shape index (κ1) is 12.4. The van der Waals surface area contributed by atoms with E-state index in [1.165, 1.54) is 0 Å². The third-order valence-electron chi connectivity index (χ3n) is 2.84. The first-order valence-corrected chi connectivity index (χ1v) is 5.71. The molecule has 4 nitrogen and oxygen atoms in total. The summed E-state index contributed by atoms with van der Waals surface area (Å²) in [7, 11) is 0. The van der Waals surface area contributed by atoms with E-state index >= 15 is 0 Å². The van der Waals surface area contributed by atoms with Crippen LogP contribution in [-0.2, 0) is 11.3 Å². The number of halogens is 1. The molecule has 0 aliphatic carbocycles. The molecule has 1 fully saturated rings. The number of likely N-dealkylation sites (tertiary alicyclic amines) is 1. The highest BCUT2D eigenvalue weighted by Crippen LogP contribution is 2.21. The highest BCUT2D eigenvalue weighted by Gasteiger charge is 2.36. The monoisotopic (exact) mass is 248 g/mol. The molecule has 0 unspecified atom stereocenters.